The summed E-state index contributed by atoms with van der Waals surface area (Å²) in [6, 6.07) is 9.13. The van der Waals surface area contributed by atoms with Crippen molar-refractivity contribution >= 4 is 5.69 Å². The lowest BCUT2D eigenvalue weighted by Gasteiger charge is -2.47. The summed E-state index contributed by atoms with van der Waals surface area (Å²) >= 11 is 0. The number of benzene rings is 1. The van der Waals surface area contributed by atoms with E-state index in [0.29, 0.717) is 5.54 Å². The minimum absolute atomic E-state index is 0.412. The van der Waals surface area contributed by atoms with Crippen LogP contribution in [0.3, 0.4) is 0 Å². The van der Waals surface area contributed by atoms with E-state index in [-0.39, 0.29) is 0 Å². The van der Waals surface area contributed by atoms with Crippen molar-refractivity contribution in [1.82, 2.24) is 10.2 Å². The van der Waals surface area contributed by atoms with E-state index in [4.69, 9.17) is 0 Å². The fourth-order valence-electron chi connectivity index (χ4n) is 3.61. The molecule has 2 aliphatic rings. The monoisotopic (exact) mass is 287 g/mol. The van der Waals surface area contributed by atoms with Crippen molar-refractivity contribution in [3.8, 4) is 0 Å². The zero-order chi connectivity index (χ0) is 14.7. The molecule has 1 aromatic carbocycles. The van der Waals surface area contributed by atoms with Gasteiger partial charge in [0, 0.05) is 37.4 Å². The SMILES string of the molecule is CN(C)C1(CNCc2ccc(N3CCCC3)cc2)CCC1. The molecule has 3 heteroatoms. The molecule has 0 bridgehead atoms. The molecule has 1 saturated carbocycles. The minimum atomic E-state index is 0.412. The summed E-state index contributed by atoms with van der Waals surface area (Å²) in [6.07, 6.45) is 6.73. The zero-order valence-electron chi connectivity index (χ0n) is 13.6. The van der Waals surface area contributed by atoms with Crippen molar-refractivity contribution in [2.75, 3.05) is 38.6 Å². The van der Waals surface area contributed by atoms with Gasteiger partial charge in [0.25, 0.3) is 0 Å². The van der Waals surface area contributed by atoms with Gasteiger partial charge in [0.2, 0.25) is 0 Å². The summed E-state index contributed by atoms with van der Waals surface area (Å²) in [4.78, 5) is 4.90. The lowest BCUT2D eigenvalue weighted by atomic mass is 9.75. The highest BCUT2D eigenvalue weighted by Gasteiger charge is 2.38. The summed E-state index contributed by atoms with van der Waals surface area (Å²) in [5.74, 6) is 0. The van der Waals surface area contributed by atoms with Gasteiger partial charge in [-0.25, -0.2) is 0 Å². The van der Waals surface area contributed by atoms with Crippen molar-refractivity contribution in [3.05, 3.63) is 29.8 Å². The Labute approximate surface area is 129 Å². The number of nitrogens with one attached hydrogen (secondary N) is 1. The molecule has 0 spiro atoms. The number of rotatable bonds is 6. The Morgan fingerprint density at radius 2 is 1.71 bits per heavy atom. The molecular weight excluding hydrogens is 258 g/mol. The van der Waals surface area contributed by atoms with Crippen LogP contribution in [0.2, 0.25) is 0 Å². The van der Waals surface area contributed by atoms with Crippen molar-refractivity contribution in [1.29, 1.82) is 0 Å². The van der Waals surface area contributed by atoms with Crippen LogP contribution in [0.15, 0.2) is 24.3 Å². The van der Waals surface area contributed by atoms with E-state index >= 15 is 0 Å². The lowest BCUT2D eigenvalue weighted by Crippen LogP contribution is -2.56. The molecule has 1 aliphatic carbocycles. The average molecular weight is 287 g/mol. The number of hydrogen-bond donors (Lipinski definition) is 1. The molecule has 1 aliphatic heterocycles. The van der Waals surface area contributed by atoms with Gasteiger partial charge in [0.1, 0.15) is 0 Å². The molecule has 0 radical (unpaired) electrons. The second-order valence-corrected chi connectivity index (χ2v) is 6.94. The topological polar surface area (TPSA) is 18.5 Å². The van der Waals surface area contributed by atoms with Crippen molar-refractivity contribution in [2.24, 2.45) is 0 Å². The van der Waals surface area contributed by atoms with E-state index in [1.807, 2.05) is 0 Å². The maximum absolute atomic E-state index is 3.66. The third-order valence-electron chi connectivity index (χ3n) is 5.42. The maximum Gasteiger partial charge on any atom is 0.0366 e. The van der Waals surface area contributed by atoms with Crippen molar-refractivity contribution in [3.63, 3.8) is 0 Å². The normalized spacial score (nSPS) is 20.8. The van der Waals surface area contributed by atoms with Crippen LogP contribution in [0.5, 0.6) is 0 Å². The smallest absolute Gasteiger partial charge is 0.0366 e. The van der Waals surface area contributed by atoms with Crippen LogP contribution < -0.4 is 10.2 Å². The van der Waals surface area contributed by atoms with Crippen LogP contribution >= 0.6 is 0 Å². The molecule has 0 unspecified atom stereocenters. The number of anilines is 1. The van der Waals surface area contributed by atoms with E-state index in [9.17, 15) is 0 Å². The van der Waals surface area contributed by atoms with Gasteiger partial charge in [-0.3, -0.25) is 0 Å². The van der Waals surface area contributed by atoms with Crippen LogP contribution in [-0.4, -0.2) is 44.2 Å². The van der Waals surface area contributed by atoms with Gasteiger partial charge in [0.05, 0.1) is 0 Å². The van der Waals surface area contributed by atoms with E-state index < -0.39 is 0 Å². The van der Waals surface area contributed by atoms with E-state index in [0.717, 1.165) is 13.1 Å². The molecule has 116 valence electrons. The number of nitrogens with zero attached hydrogens (tertiary/aromatic N) is 2. The number of likely N-dealkylation sites (N-methyl/N-ethyl adjacent to an activating group) is 1. The highest BCUT2D eigenvalue weighted by molar-refractivity contribution is 5.48. The fraction of sp³-hybridized carbons (Fsp3) is 0.667. The van der Waals surface area contributed by atoms with Gasteiger partial charge in [-0.15, -0.1) is 0 Å². The Morgan fingerprint density at radius 3 is 2.24 bits per heavy atom. The molecule has 0 atom stereocenters. The Morgan fingerprint density at radius 1 is 1.05 bits per heavy atom. The van der Waals surface area contributed by atoms with E-state index in [1.165, 1.54) is 56.4 Å². The summed E-state index contributed by atoms with van der Waals surface area (Å²) in [7, 11) is 4.43. The molecule has 1 aromatic rings. The molecule has 3 nitrogen and oxygen atoms in total. The lowest BCUT2D eigenvalue weighted by molar-refractivity contribution is 0.0598. The highest BCUT2D eigenvalue weighted by Crippen LogP contribution is 2.35. The Bertz CT molecular complexity index is 442. The Kier molecular flexibility index (Phi) is 4.51. The highest BCUT2D eigenvalue weighted by atomic mass is 15.2. The summed E-state index contributed by atoms with van der Waals surface area (Å²) in [6.45, 7) is 4.54. The first-order chi connectivity index (χ1) is 10.2. The van der Waals surface area contributed by atoms with E-state index in [1.54, 1.807) is 0 Å². The summed E-state index contributed by atoms with van der Waals surface area (Å²) in [5, 5.41) is 3.66. The molecule has 2 fully saturated rings. The Hall–Kier alpha value is -1.06. The van der Waals surface area contributed by atoms with Crippen molar-refractivity contribution < 1.29 is 0 Å². The van der Waals surface area contributed by atoms with Crippen LogP contribution in [-0.2, 0) is 6.54 Å². The molecule has 1 heterocycles. The summed E-state index contributed by atoms with van der Waals surface area (Å²) < 4.78 is 0. The second kappa shape index (κ2) is 6.37. The zero-order valence-corrected chi connectivity index (χ0v) is 13.6. The quantitative estimate of drug-likeness (QED) is 0.868. The predicted molar refractivity (Wildman–Crippen MR) is 89.9 cm³/mol. The van der Waals surface area contributed by atoms with Gasteiger partial charge < -0.3 is 15.1 Å². The van der Waals surface area contributed by atoms with Gasteiger partial charge in [0.15, 0.2) is 0 Å². The van der Waals surface area contributed by atoms with Gasteiger partial charge >= 0.3 is 0 Å². The molecule has 1 saturated heterocycles. The van der Waals surface area contributed by atoms with Gasteiger partial charge in [-0.05, 0) is 63.9 Å². The molecule has 1 N–H and O–H groups in total. The standard InChI is InChI=1S/C18H29N3/c1-20(2)18(10-5-11-18)15-19-14-16-6-8-17(9-7-16)21-12-3-4-13-21/h6-9,19H,3-5,10-15H2,1-2H3. The van der Waals surface area contributed by atoms with Gasteiger partial charge in [-0.2, -0.15) is 0 Å². The Balaban J connectivity index is 1.49. The molecule has 3 rings (SSSR count). The van der Waals surface area contributed by atoms with Crippen LogP contribution in [0.4, 0.5) is 5.69 Å². The second-order valence-electron chi connectivity index (χ2n) is 6.94. The molecule has 21 heavy (non-hydrogen) atoms. The third kappa shape index (κ3) is 3.24. The number of hydrogen-bond acceptors (Lipinski definition) is 3. The maximum atomic E-state index is 3.66. The fourth-order valence-corrected chi connectivity index (χ4v) is 3.61. The minimum Gasteiger partial charge on any atom is -0.372 e. The van der Waals surface area contributed by atoms with Crippen LogP contribution in [0.1, 0.15) is 37.7 Å². The van der Waals surface area contributed by atoms with E-state index in [2.05, 4.69) is 53.5 Å². The summed E-state index contributed by atoms with van der Waals surface area (Å²) in [5.41, 5.74) is 3.20. The first kappa shape index (κ1) is 14.9. The predicted octanol–water partition coefficient (Wildman–Crippen LogP) is 2.86. The van der Waals surface area contributed by atoms with Crippen molar-refractivity contribution in [2.45, 2.75) is 44.2 Å². The molecule has 0 aromatic heterocycles. The van der Waals surface area contributed by atoms with Crippen LogP contribution in [0, 0.1) is 0 Å². The average Bonchev–Trinajstić information content (AvgIpc) is 2.96. The largest absolute Gasteiger partial charge is 0.372 e. The molecule has 0 amide bonds. The molecular formula is C18H29N3. The van der Waals surface area contributed by atoms with Gasteiger partial charge in [-0.1, -0.05) is 12.1 Å². The first-order valence-corrected chi connectivity index (χ1v) is 8.42. The first-order valence-electron chi connectivity index (χ1n) is 8.42. The third-order valence-corrected chi connectivity index (χ3v) is 5.42. The van der Waals surface area contributed by atoms with Crippen LogP contribution in [0.25, 0.3) is 0 Å².